The van der Waals surface area contributed by atoms with Gasteiger partial charge < -0.3 is 10.5 Å². The number of aromatic nitrogens is 1. The smallest absolute Gasteiger partial charge is 0.136 e. The largest absolute Gasteiger partial charge is 0.457 e. The van der Waals surface area contributed by atoms with Crippen molar-refractivity contribution < 1.29 is 4.74 Å². The van der Waals surface area contributed by atoms with Crippen molar-refractivity contribution in [3.63, 3.8) is 0 Å². The number of ether oxygens (including phenoxy) is 1. The maximum Gasteiger partial charge on any atom is 0.136 e. The van der Waals surface area contributed by atoms with Gasteiger partial charge in [0.05, 0.1) is 11.2 Å². The van der Waals surface area contributed by atoms with Crippen LogP contribution in [0.2, 0.25) is 0 Å². The van der Waals surface area contributed by atoms with Gasteiger partial charge in [-0.05, 0) is 65.1 Å². The number of nitrogen functional groups attached to an aromatic ring is 1. The second-order valence-electron chi connectivity index (χ2n) is 4.11. The van der Waals surface area contributed by atoms with E-state index in [2.05, 4.69) is 27.6 Å². The van der Waals surface area contributed by atoms with E-state index in [0.717, 1.165) is 26.0 Å². The van der Waals surface area contributed by atoms with Crippen molar-refractivity contribution in [1.82, 2.24) is 4.98 Å². The molecule has 0 radical (unpaired) electrons. The lowest BCUT2D eigenvalue weighted by Crippen LogP contribution is -1.92. The Hall–Kier alpha value is -1.82. The van der Waals surface area contributed by atoms with Crippen LogP contribution >= 0.6 is 22.6 Å². The SMILES string of the molecule is Nc1ccc(Oc2cccc(I)c2)c2cccnc12. The molecule has 3 rings (SSSR count). The molecule has 0 atom stereocenters. The van der Waals surface area contributed by atoms with Crippen molar-refractivity contribution in [2.24, 2.45) is 0 Å². The molecule has 0 bridgehead atoms. The zero-order valence-corrected chi connectivity index (χ0v) is 12.2. The van der Waals surface area contributed by atoms with Crippen LogP contribution in [-0.2, 0) is 0 Å². The molecule has 19 heavy (non-hydrogen) atoms. The molecule has 0 aliphatic heterocycles. The van der Waals surface area contributed by atoms with E-state index in [4.69, 9.17) is 10.5 Å². The predicted octanol–water partition coefficient (Wildman–Crippen LogP) is 4.21. The Labute approximate surface area is 124 Å². The van der Waals surface area contributed by atoms with Gasteiger partial charge in [0.25, 0.3) is 0 Å². The molecule has 2 aromatic carbocycles. The summed E-state index contributed by atoms with van der Waals surface area (Å²) in [6, 6.07) is 15.4. The minimum absolute atomic E-state index is 0.658. The number of benzene rings is 2. The topological polar surface area (TPSA) is 48.1 Å². The summed E-state index contributed by atoms with van der Waals surface area (Å²) in [6.45, 7) is 0. The zero-order valence-electron chi connectivity index (χ0n) is 10.0. The fraction of sp³-hybridized carbons (Fsp3) is 0. The van der Waals surface area contributed by atoms with Crippen molar-refractivity contribution in [2.75, 3.05) is 5.73 Å². The van der Waals surface area contributed by atoms with E-state index in [1.54, 1.807) is 6.20 Å². The maximum absolute atomic E-state index is 5.93. The van der Waals surface area contributed by atoms with Crippen LogP contribution in [0.4, 0.5) is 5.69 Å². The van der Waals surface area contributed by atoms with Crippen molar-refractivity contribution in [2.45, 2.75) is 0 Å². The Morgan fingerprint density at radius 1 is 1.05 bits per heavy atom. The van der Waals surface area contributed by atoms with Gasteiger partial charge in [-0.1, -0.05) is 6.07 Å². The van der Waals surface area contributed by atoms with Crippen LogP contribution in [0.5, 0.6) is 11.5 Å². The van der Waals surface area contributed by atoms with Crippen LogP contribution in [0.25, 0.3) is 10.9 Å². The summed E-state index contributed by atoms with van der Waals surface area (Å²) in [7, 11) is 0. The van der Waals surface area contributed by atoms with Gasteiger partial charge >= 0.3 is 0 Å². The highest BCUT2D eigenvalue weighted by Gasteiger charge is 2.07. The average molecular weight is 362 g/mol. The minimum Gasteiger partial charge on any atom is -0.457 e. The lowest BCUT2D eigenvalue weighted by molar-refractivity contribution is 0.488. The fourth-order valence-corrected chi connectivity index (χ4v) is 2.43. The van der Waals surface area contributed by atoms with Crippen molar-refractivity contribution in [3.8, 4) is 11.5 Å². The lowest BCUT2D eigenvalue weighted by Gasteiger charge is -2.10. The average Bonchev–Trinajstić information content (AvgIpc) is 2.42. The fourth-order valence-electron chi connectivity index (χ4n) is 1.91. The summed E-state index contributed by atoms with van der Waals surface area (Å²) < 4.78 is 7.06. The molecule has 0 unspecified atom stereocenters. The molecular formula is C15H11IN2O. The van der Waals surface area contributed by atoms with Crippen LogP contribution < -0.4 is 10.5 Å². The van der Waals surface area contributed by atoms with Gasteiger partial charge in [0.15, 0.2) is 0 Å². The lowest BCUT2D eigenvalue weighted by atomic mass is 10.1. The molecule has 0 aliphatic carbocycles. The first kappa shape index (κ1) is 12.2. The first-order valence-electron chi connectivity index (χ1n) is 5.81. The highest BCUT2D eigenvalue weighted by atomic mass is 127. The van der Waals surface area contributed by atoms with Crippen molar-refractivity contribution in [3.05, 3.63) is 58.3 Å². The first-order chi connectivity index (χ1) is 9.24. The standard InChI is InChI=1S/C15H11IN2O/c16-10-3-1-4-11(9-10)19-14-7-6-13(17)15-12(14)5-2-8-18-15/h1-9H,17H2. The van der Waals surface area contributed by atoms with Gasteiger partial charge in [0.1, 0.15) is 11.5 Å². The summed E-state index contributed by atoms with van der Waals surface area (Å²) >= 11 is 2.26. The molecule has 0 saturated carbocycles. The van der Waals surface area contributed by atoms with Crippen LogP contribution in [0.3, 0.4) is 0 Å². The molecule has 4 heteroatoms. The van der Waals surface area contributed by atoms with Gasteiger partial charge in [-0.3, -0.25) is 4.98 Å². The molecule has 0 spiro atoms. The predicted molar refractivity (Wildman–Crippen MR) is 85.4 cm³/mol. The van der Waals surface area contributed by atoms with Crippen LogP contribution in [0.15, 0.2) is 54.7 Å². The van der Waals surface area contributed by atoms with E-state index >= 15 is 0 Å². The Bertz CT molecular complexity index is 743. The number of fused-ring (bicyclic) bond motifs is 1. The third-order valence-electron chi connectivity index (χ3n) is 2.78. The molecule has 2 N–H and O–H groups in total. The third-order valence-corrected chi connectivity index (χ3v) is 3.46. The zero-order chi connectivity index (χ0) is 13.2. The number of halogens is 1. The van der Waals surface area contributed by atoms with E-state index in [9.17, 15) is 0 Å². The molecule has 3 aromatic rings. The summed E-state index contributed by atoms with van der Waals surface area (Å²) in [5.74, 6) is 1.57. The monoisotopic (exact) mass is 362 g/mol. The van der Waals surface area contributed by atoms with Gasteiger partial charge in [0, 0.05) is 15.2 Å². The number of nitrogens with zero attached hydrogens (tertiary/aromatic N) is 1. The normalized spacial score (nSPS) is 10.6. The molecule has 1 aromatic heterocycles. The Morgan fingerprint density at radius 3 is 2.79 bits per heavy atom. The van der Waals surface area contributed by atoms with Crippen LogP contribution in [0, 0.1) is 3.57 Å². The second-order valence-corrected chi connectivity index (χ2v) is 5.36. The van der Waals surface area contributed by atoms with E-state index in [-0.39, 0.29) is 0 Å². The van der Waals surface area contributed by atoms with Crippen molar-refractivity contribution in [1.29, 1.82) is 0 Å². The van der Waals surface area contributed by atoms with Crippen LogP contribution in [0.1, 0.15) is 0 Å². The van der Waals surface area contributed by atoms with E-state index < -0.39 is 0 Å². The number of anilines is 1. The van der Waals surface area contributed by atoms with E-state index in [0.29, 0.717) is 5.69 Å². The number of nitrogens with two attached hydrogens (primary N) is 1. The molecule has 0 fully saturated rings. The van der Waals surface area contributed by atoms with Gasteiger partial charge in [-0.15, -0.1) is 0 Å². The van der Waals surface area contributed by atoms with Gasteiger partial charge in [-0.25, -0.2) is 0 Å². The Kier molecular flexibility index (Phi) is 3.25. The summed E-state index contributed by atoms with van der Waals surface area (Å²) in [5.41, 5.74) is 7.35. The van der Waals surface area contributed by atoms with E-state index in [1.165, 1.54) is 0 Å². The highest BCUT2D eigenvalue weighted by Crippen LogP contribution is 2.32. The number of hydrogen-bond acceptors (Lipinski definition) is 3. The molecule has 0 aliphatic rings. The van der Waals surface area contributed by atoms with Gasteiger partial charge in [-0.2, -0.15) is 0 Å². The quantitative estimate of drug-likeness (QED) is 0.549. The third kappa shape index (κ3) is 2.49. The number of pyridine rings is 1. The molecule has 94 valence electrons. The molecular weight excluding hydrogens is 351 g/mol. The summed E-state index contributed by atoms with van der Waals surface area (Å²) in [6.07, 6.45) is 1.73. The van der Waals surface area contributed by atoms with Crippen molar-refractivity contribution >= 4 is 39.2 Å². The number of rotatable bonds is 2. The highest BCUT2D eigenvalue weighted by molar-refractivity contribution is 14.1. The maximum atomic E-state index is 5.93. The van der Waals surface area contributed by atoms with Gasteiger partial charge in [0.2, 0.25) is 0 Å². The Balaban J connectivity index is 2.09. The molecule has 0 amide bonds. The second kappa shape index (κ2) is 5.05. The first-order valence-corrected chi connectivity index (χ1v) is 6.88. The molecule has 3 nitrogen and oxygen atoms in total. The number of hydrogen-bond donors (Lipinski definition) is 1. The summed E-state index contributed by atoms with van der Waals surface area (Å²) in [5, 5.41) is 0.918. The molecule has 0 saturated heterocycles. The van der Waals surface area contributed by atoms with E-state index in [1.807, 2.05) is 48.5 Å². The van der Waals surface area contributed by atoms with Crippen LogP contribution in [-0.4, -0.2) is 4.98 Å². The summed E-state index contributed by atoms with van der Waals surface area (Å²) in [4.78, 5) is 4.29. The molecule has 1 heterocycles. The Morgan fingerprint density at radius 2 is 1.95 bits per heavy atom. The minimum atomic E-state index is 0.658.